The molecule has 2 rings (SSSR count). The summed E-state index contributed by atoms with van der Waals surface area (Å²) in [5.74, 6) is 1.95. The third kappa shape index (κ3) is 3.58. The Kier molecular flexibility index (Phi) is 4.74. The van der Waals surface area contributed by atoms with E-state index in [0.29, 0.717) is 17.8 Å². The molecule has 0 bridgehead atoms. The normalized spacial score (nSPS) is 12.4. The van der Waals surface area contributed by atoms with Crippen LogP contribution in [0.2, 0.25) is 0 Å². The monoisotopic (exact) mass is 270 g/mol. The molecule has 0 spiro atoms. The van der Waals surface area contributed by atoms with E-state index < -0.39 is 0 Å². The van der Waals surface area contributed by atoms with E-state index in [-0.39, 0.29) is 0 Å². The minimum absolute atomic E-state index is 0.292. The van der Waals surface area contributed by atoms with Gasteiger partial charge in [-0.25, -0.2) is 4.98 Å². The average molecular weight is 270 g/mol. The highest BCUT2D eigenvalue weighted by atomic mass is 16.5. The van der Waals surface area contributed by atoms with E-state index in [2.05, 4.69) is 43.2 Å². The Balaban J connectivity index is 2.12. The van der Waals surface area contributed by atoms with E-state index >= 15 is 0 Å². The molecule has 1 aromatic heterocycles. The van der Waals surface area contributed by atoms with Crippen LogP contribution in [0.5, 0.6) is 11.6 Å². The van der Waals surface area contributed by atoms with E-state index in [9.17, 15) is 0 Å². The minimum Gasteiger partial charge on any atom is -0.439 e. The molecule has 20 heavy (non-hydrogen) atoms. The Bertz CT molecular complexity index is 549. The Morgan fingerprint density at radius 3 is 2.45 bits per heavy atom. The maximum Gasteiger partial charge on any atom is 0.219 e. The van der Waals surface area contributed by atoms with E-state index in [0.717, 1.165) is 11.3 Å². The molecule has 0 amide bonds. The Labute approximate surface area is 121 Å². The van der Waals surface area contributed by atoms with Gasteiger partial charge in [0, 0.05) is 18.3 Å². The van der Waals surface area contributed by atoms with Gasteiger partial charge in [0.05, 0.1) is 0 Å². The first-order valence-electron chi connectivity index (χ1n) is 7.01. The Hall–Kier alpha value is -1.87. The van der Waals surface area contributed by atoms with Crippen molar-refractivity contribution in [3.63, 3.8) is 0 Å². The highest BCUT2D eigenvalue weighted by Crippen LogP contribution is 2.24. The number of nitrogens with one attached hydrogen (secondary N) is 1. The molecule has 0 aliphatic heterocycles. The van der Waals surface area contributed by atoms with Crippen molar-refractivity contribution in [1.29, 1.82) is 0 Å². The van der Waals surface area contributed by atoms with Gasteiger partial charge in [0.1, 0.15) is 5.75 Å². The SMILES string of the molecule is CNC(C)c1ccc(Oc2cccc(C(C)C)c2)nc1. The van der Waals surface area contributed by atoms with Crippen molar-refractivity contribution in [2.24, 2.45) is 0 Å². The standard InChI is InChI=1S/C17H22N2O/c1-12(2)14-6-5-7-16(10-14)20-17-9-8-15(11-19-17)13(3)18-4/h5-13,18H,1-4H3. The Morgan fingerprint density at radius 1 is 1.05 bits per heavy atom. The molecule has 1 aromatic carbocycles. The summed E-state index contributed by atoms with van der Waals surface area (Å²) in [7, 11) is 1.94. The van der Waals surface area contributed by atoms with Crippen molar-refractivity contribution < 1.29 is 4.74 Å². The zero-order valence-corrected chi connectivity index (χ0v) is 12.6. The van der Waals surface area contributed by atoms with Gasteiger partial charge in [0.2, 0.25) is 5.88 Å². The summed E-state index contributed by atoms with van der Waals surface area (Å²) in [4.78, 5) is 4.36. The third-order valence-electron chi connectivity index (χ3n) is 3.44. The third-order valence-corrected chi connectivity index (χ3v) is 3.44. The molecule has 1 atom stereocenters. The lowest BCUT2D eigenvalue weighted by Gasteiger charge is -2.11. The molecule has 2 aromatic rings. The summed E-state index contributed by atoms with van der Waals surface area (Å²) in [6.07, 6.45) is 1.85. The molecule has 0 saturated heterocycles. The second kappa shape index (κ2) is 6.53. The molecule has 106 valence electrons. The van der Waals surface area contributed by atoms with E-state index in [4.69, 9.17) is 4.74 Å². The average Bonchev–Trinajstić information content (AvgIpc) is 2.47. The highest BCUT2D eigenvalue weighted by molar-refractivity contribution is 5.33. The van der Waals surface area contributed by atoms with Gasteiger partial charge in [-0.05, 0) is 43.1 Å². The summed E-state index contributed by atoms with van der Waals surface area (Å²) in [5, 5.41) is 3.19. The number of nitrogens with zero attached hydrogens (tertiary/aromatic N) is 1. The second-order valence-electron chi connectivity index (χ2n) is 5.27. The molecule has 0 saturated carbocycles. The second-order valence-corrected chi connectivity index (χ2v) is 5.27. The lowest BCUT2D eigenvalue weighted by Crippen LogP contribution is -2.12. The zero-order chi connectivity index (χ0) is 14.5. The summed E-state index contributed by atoms with van der Waals surface area (Å²) in [6, 6.07) is 12.4. The summed E-state index contributed by atoms with van der Waals surface area (Å²) in [5.41, 5.74) is 2.42. The van der Waals surface area contributed by atoms with Crippen LogP contribution in [0.3, 0.4) is 0 Å². The molecule has 0 aliphatic carbocycles. The van der Waals surface area contributed by atoms with Crippen molar-refractivity contribution in [1.82, 2.24) is 10.3 Å². The van der Waals surface area contributed by atoms with Gasteiger partial charge in [-0.15, -0.1) is 0 Å². The topological polar surface area (TPSA) is 34.1 Å². The zero-order valence-electron chi connectivity index (χ0n) is 12.6. The van der Waals surface area contributed by atoms with Gasteiger partial charge in [-0.1, -0.05) is 32.0 Å². The number of hydrogen-bond donors (Lipinski definition) is 1. The highest BCUT2D eigenvalue weighted by Gasteiger charge is 2.05. The van der Waals surface area contributed by atoms with Gasteiger partial charge < -0.3 is 10.1 Å². The van der Waals surface area contributed by atoms with Crippen LogP contribution in [0.25, 0.3) is 0 Å². The number of ether oxygens (including phenoxy) is 1. The fourth-order valence-corrected chi connectivity index (χ4v) is 1.93. The molecule has 3 heteroatoms. The predicted octanol–water partition coefficient (Wildman–Crippen LogP) is 4.28. The van der Waals surface area contributed by atoms with Crippen molar-refractivity contribution in [2.75, 3.05) is 7.05 Å². The van der Waals surface area contributed by atoms with Gasteiger partial charge >= 0.3 is 0 Å². The largest absolute Gasteiger partial charge is 0.439 e. The maximum atomic E-state index is 5.81. The molecule has 1 N–H and O–H groups in total. The molecule has 1 unspecified atom stereocenters. The fourth-order valence-electron chi connectivity index (χ4n) is 1.93. The summed E-state index contributed by atoms with van der Waals surface area (Å²) in [6.45, 7) is 6.44. The molecular formula is C17H22N2O. The van der Waals surface area contributed by atoms with Crippen molar-refractivity contribution >= 4 is 0 Å². The number of pyridine rings is 1. The molecule has 0 fully saturated rings. The van der Waals surface area contributed by atoms with Gasteiger partial charge in [0.25, 0.3) is 0 Å². The van der Waals surface area contributed by atoms with Crippen LogP contribution >= 0.6 is 0 Å². The smallest absolute Gasteiger partial charge is 0.219 e. The first kappa shape index (κ1) is 14.5. The maximum absolute atomic E-state index is 5.81. The first-order valence-corrected chi connectivity index (χ1v) is 7.01. The van der Waals surface area contributed by atoms with Crippen molar-refractivity contribution in [3.8, 4) is 11.6 Å². The van der Waals surface area contributed by atoms with E-state index in [1.807, 2.05) is 37.5 Å². The van der Waals surface area contributed by atoms with Crippen LogP contribution in [0, 0.1) is 0 Å². The van der Waals surface area contributed by atoms with Crippen molar-refractivity contribution in [3.05, 3.63) is 53.7 Å². The molecule has 0 aliphatic rings. The van der Waals surface area contributed by atoms with Crippen LogP contribution in [0.15, 0.2) is 42.6 Å². The number of hydrogen-bond acceptors (Lipinski definition) is 3. The van der Waals surface area contributed by atoms with Crippen LogP contribution < -0.4 is 10.1 Å². The van der Waals surface area contributed by atoms with Crippen LogP contribution in [0.4, 0.5) is 0 Å². The quantitative estimate of drug-likeness (QED) is 0.880. The fraction of sp³-hybridized carbons (Fsp3) is 0.353. The molecule has 1 heterocycles. The summed E-state index contributed by atoms with van der Waals surface area (Å²) < 4.78 is 5.81. The lowest BCUT2D eigenvalue weighted by atomic mass is 10.0. The number of rotatable bonds is 5. The van der Waals surface area contributed by atoms with Gasteiger partial charge in [-0.2, -0.15) is 0 Å². The Morgan fingerprint density at radius 2 is 1.85 bits per heavy atom. The van der Waals surface area contributed by atoms with Gasteiger partial charge in [-0.3, -0.25) is 0 Å². The van der Waals surface area contributed by atoms with Crippen LogP contribution in [-0.2, 0) is 0 Å². The van der Waals surface area contributed by atoms with Crippen LogP contribution in [0.1, 0.15) is 43.9 Å². The van der Waals surface area contributed by atoms with E-state index in [1.54, 1.807) is 0 Å². The number of benzene rings is 1. The molecular weight excluding hydrogens is 248 g/mol. The number of aromatic nitrogens is 1. The lowest BCUT2D eigenvalue weighted by molar-refractivity contribution is 0.461. The molecule has 0 radical (unpaired) electrons. The summed E-state index contributed by atoms with van der Waals surface area (Å²) >= 11 is 0. The predicted molar refractivity (Wildman–Crippen MR) is 82.3 cm³/mol. The van der Waals surface area contributed by atoms with Crippen LogP contribution in [-0.4, -0.2) is 12.0 Å². The van der Waals surface area contributed by atoms with Gasteiger partial charge in [0.15, 0.2) is 0 Å². The minimum atomic E-state index is 0.292. The van der Waals surface area contributed by atoms with Crippen molar-refractivity contribution in [2.45, 2.75) is 32.7 Å². The first-order chi connectivity index (χ1) is 9.60. The molecule has 3 nitrogen and oxygen atoms in total. The van der Waals surface area contributed by atoms with E-state index in [1.165, 1.54) is 5.56 Å².